The van der Waals surface area contributed by atoms with Crippen LogP contribution in [-0.2, 0) is 6.56 Å². The van der Waals surface area contributed by atoms with Gasteiger partial charge in [0.1, 0.15) is 11.5 Å². The molecule has 0 atom stereocenters. The van der Waals surface area contributed by atoms with E-state index >= 15 is 0 Å². The van der Waals surface area contributed by atoms with Gasteiger partial charge in [-0.1, -0.05) is 36.4 Å². The molecule has 0 radical (unpaired) electrons. The van der Waals surface area contributed by atoms with Crippen molar-refractivity contribution in [2.75, 3.05) is 0 Å². The fourth-order valence-electron chi connectivity index (χ4n) is 1.26. The first-order chi connectivity index (χ1) is 8.07. The standard InChI is InChI=1S/C13H12O2/c14-10-11-6-4-5-9-13(11)15-12-7-2-1-3-8-12/h1-9,14H,10H2/i10D2. The lowest BCUT2D eigenvalue weighted by molar-refractivity contribution is 0.276. The van der Waals surface area contributed by atoms with Crippen LogP contribution in [-0.4, -0.2) is 5.11 Å². The second-order valence-electron chi connectivity index (χ2n) is 3.02. The van der Waals surface area contributed by atoms with Gasteiger partial charge in [-0.05, 0) is 18.2 Å². The first-order valence-electron chi connectivity index (χ1n) is 5.62. The molecule has 2 heteroatoms. The molecular weight excluding hydrogens is 188 g/mol. The minimum atomic E-state index is -2.41. The lowest BCUT2D eigenvalue weighted by atomic mass is 10.2. The molecule has 1 N–H and O–H groups in total. The average Bonchev–Trinajstić information content (AvgIpc) is 2.30. The van der Waals surface area contributed by atoms with E-state index in [0.717, 1.165) is 0 Å². The summed E-state index contributed by atoms with van der Waals surface area (Å²) < 4.78 is 20.2. The van der Waals surface area contributed by atoms with Gasteiger partial charge in [-0.15, -0.1) is 0 Å². The molecule has 0 heterocycles. The molecule has 0 saturated heterocycles. The molecule has 0 aliphatic heterocycles. The lowest BCUT2D eigenvalue weighted by Gasteiger charge is -2.08. The number of ether oxygens (including phenoxy) is 1. The topological polar surface area (TPSA) is 29.5 Å². The van der Waals surface area contributed by atoms with Gasteiger partial charge in [-0.3, -0.25) is 0 Å². The summed E-state index contributed by atoms with van der Waals surface area (Å²) in [5.74, 6) is 0.912. The molecule has 0 amide bonds. The monoisotopic (exact) mass is 202 g/mol. The zero-order chi connectivity index (χ0) is 12.3. The largest absolute Gasteiger partial charge is 0.457 e. The molecule has 76 valence electrons. The van der Waals surface area contributed by atoms with Crippen LogP contribution in [0, 0.1) is 0 Å². The van der Waals surface area contributed by atoms with Crippen molar-refractivity contribution in [2.24, 2.45) is 0 Å². The van der Waals surface area contributed by atoms with Crippen LogP contribution in [0.3, 0.4) is 0 Å². The molecule has 0 fully saturated rings. The van der Waals surface area contributed by atoms with Gasteiger partial charge < -0.3 is 9.84 Å². The fourth-order valence-corrected chi connectivity index (χ4v) is 1.26. The van der Waals surface area contributed by atoms with Crippen molar-refractivity contribution in [2.45, 2.75) is 6.56 Å². The highest BCUT2D eigenvalue weighted by Crippen LogP contribution is 2.24. The molecule has 2 nitrogen and oxygen atoms in total. The summed E-state index contributed by atoms with van der Waals surface area (Å²) in [6.07, 6.45) is 0. The van der Waals surface area contributed by atoms with E-state index < -0.39 is 6.56 Å². The van der Waals surface area contributed by atoms with Gasteiger partial charge in [0.15, 0.2) is 0 Å². The van der Waals surface area contributed by atoms with Gasteiger partial charge in [0, 0.05) is 5.56 Å². The predicted molar refractivity (Wildman–Crippen MR) is 58.9 cm³/mol. The Labute approximate surface area is 91.6 Å². The Balaban J connectivity index is 2.34. The van der Waals surface area contributed by atoms with Crippen molar-refractivity contribution in [3.8, 4) is 11.5 Å². The smallest absolute Gasteiger partial charge is 0.132 e. The van der Waals surface area contributed by atoms with Crippen LogP contribution in [0.1, 0.15) is 8.30 Å². The van der Waals surface area contributed by atoms with Gasteiger partial charge in [-0.25, -0.2) is 0 Å². The summed E-state index contributed by atoms with van der Waals surface area (Å²) in [6.45, 7) is -2.41. The molecule has 2 rings (SSSR count). The molecule has 0 aromatic heterocycles. The van der Waals surface area contributed by atoms with Gasteiger partial charge in [0.05, 0.1) is 9.30 Å². The molecule has 0 spiro atoms. The zero-order valence-electron chi connectivity index (χ0n) is 10.1. The van der Waals surface area contributed by atoms with E-state index in [1.54, 1.807) is 30.3 Å². The number of para-hydroxylation sites is 2. The Morgan fingerprint density at radius 1 is 1.00 bits per heavy atom. The third-order valence-corrected chi connectivity index (χ3v) is 1.98. The number of rotatable bonds is 3. The van der Waals surface area contributed by atoms with E-state index in [0.29, 0.717) is 11.5 Å². The van der Waals surface area contributed by atoms with Crippen molar-refractivity contribution in [3.05, 3.63) is 60.2 Å². The van der Waals surface area contributed by atoms with Gasteiger partial charge in [0.25, 0.3) is 0 Å². The Kier molecular flexibility index (Phi) is 2.31. The maximum absolute atomic E-state index is 9.40. The lowest BCUT2D eigenvalue weighted by Crippen LogP contribution is -1.90. The van der Waals surface area contributed by atoms with E-state index in [9.17, 15) is 5.11 Å². The fraction of sp³-hybridized carbons (Fsp3) is 0.0769. The second kappa shape index (κ2) is 4.62. The molecular formula is C13H12O2. The summed E-state index contributed by atoms with van der Waals surface area (Å²) in [5, 5.41) is 9.40. The maximum Gasteiger partial charge on any atom is 0.132 e. The van der Waals surface area contributed by atoms with Crippen LogP contribution in [0.5, 0.6) is 11.5 Å². The Bertz CT molecular complexity index is 492. The average molecular weight is 202 g/mol. The minimum absolute atomic E-state index is 0.115. The normalized spacial score (nSPS) is 12.9. The molecule has 0 saturated carbocycles. The molecule has 2 aromatic carbocycles. The zero-order valence-corrected chi connectivity index (χ0v) is 8.05. The first-order valence-corrected chi connectivity index (χ1v) is 4.62. The summed E-state index contributed by atoms with van der Waals surface area (Å²) in [4.78, 5) is 0. The molecule has 0 aliphatic rings. The number of hydrogen-bond acceptors (Lipinski definition) is 2. The van der Waals surface area contributed by atoms with Gasteiger partial charge in [0.2, 0.25) is 0 Å². The molecule has 2 aromatic rings. The SMILES string of the molecule is [2H]C([2H])(O)c1ccccc1Oc1ccccc1. The van der Waals surface area contributed by atoms with Crippen molar-refractivity contribution < 1.29 is 12.6 Å². The predicted octanol–water partition coefficient (Wildman–Crippen LogP) is 2.97. The van der Waals surface area contributed by atoms with E-state index in [4.69, 9.17) is 7.48 Å². The van der Waals surface area contributed by atoms with E-state index in [-0.39, 0.29) is 5.56 Å². The first kappa shape index (κ1) is 7.49. The van der Waals surface area contributed by atoms with Crippen molar-refractivity contribution in [1.29, 1.82) is 0 Å². The van der Waals surface area contributed by atoms with Crippen LogP contribution in [0.15, 0.2) is 54.6 Å². The van der Waals surface area contributed by atoms with Crippen molar-refractivity contribution >= 4 is 0 Å². The van der Waals surface area contributed by atoms with E-state index in [1.165, 1.54) is 6.07 Å². The van der Waals surface area contributed by atoms with E-state index in [2.05, 4.69) is 0 Å². The summed E-state index contributed by atoms with van der Waals surface area (Å²) in [6, 6.07) is 15.6. The summed E-state index contributed by atoms with van der Waals surface area (Å²) >= 11 is 0. The molecule has 15 heavy (non-hydrogen) atoms. The van der Waals surface area contributed by atoms with E-state index in [1.807, 2.05) is 18.2 Å². The minimum Gasteiger partial charge on any atom is -0.457 e. The van der Waals surface area contributed by atoms with Crippen LogP contribution >= 0.6 is 0 Å². The third kappa shape index (κ3) is 2.36. The van der Waals surface area contributed by atoms with Crippen molar-refractivity contribution in [1.82, 2.24) is 0 Å². The Hall–Kier alpha value is -1.80. The number of benzene rings is 2. The Morgan fingerprint density at radius 2 is 1.67 bits per heavy atom. The number of aliphatic hydroxyl groups is 1. The van der Waals surface area contributed by atoms with Crippen LogP contribution < -0.4 is 4.74 Å². The third-order valence-electron chi connectivity index (χ3n) is 1.98. The summed E-state index contributed by atoms with van der Waals surface area (Å²) in [5.41, 5.74) is 0.115. The second-order valence-corrected chi connectivity index (χ2v) is 3.02. The molecule has 0 bridgehead atoms. The van der Waals surface area contributed by atoms with Crippen LogP contribution in [0.2, 0.25) is 0 Å². The van der Waals surface area contributed by atoms with Gasteiger partial charge >= 0.3 is 0 Å². The highest BCUT2D eigenvalue weighted by atomic mass is 16.5. The highest BCUT2D eigenvalue weighted by molar-refractivity contribution is 5.37. The van der Waals surface area contributed by atoms with Crippen molar-refractivity contribution in [3.63, 3.8) is 0 Å². The Morgan fingerprint density at radius 3 is 2.40 bits per heavy atom. The summed E-state index contributed by atoms with van der Waals surface area (Å²) in [7, 11) is 0. The quantitative estimate of drug-likeness (QED) is 0.829. The molecule has 0 aliphatic carbocycles. The van der Waals surface area contributed by atoms with Crippen LogP contribution in [0.4, 0.5) is 0 Å². The maximum atomic E-state index is 9.40. The number of hydrogen-bond donors (Lipinski definition) is 1. The van der Waals surface area contributed by atoms with Gasteiger partial charge in [-0.2, -0.15) is 0 Å². The highest BCUT2D eigenvalue weighted by Gasteiger charge is 2.01. The van der Waals surface area contributed by atoms with Crippen LogP contribution in [0.25, 0.3) is 0 Å². The molecule has 0 unspecified atom stereocenters.